The second-order valence-corrected chi connectivity index (χ2v) is 3.74. The fourth-order valence-corrected chi connectivity index (χ4v) is 1.82. The van der Waals surface area contributed by atoms with Crippen molar-refractivity contribution < 1.29 is 9.59 Å². The van der Waals surface area contributed by atoms with Crippen LogP contribution in [0.25, 0.3) is 0 Å². The van der Waals surface area contributed by atoms with E-state index >= 15 is 0 Å². The molecular formula is C14H10N2O2. The molecule has 0 radical (unpaired) electrons. The fraction of sp³-hybridized carbons (Fsp3) is 0.143. The average Bonchev–Trinajstić information content (AvgIpc) is 2.64. The van der Waals surface area contributed by atoms with Gasteiger partial charge in [0.1, 0.15) is 0 Å². The number of amides is 2. The Morgan fingerprint density at radius 2 is 1.78 bits per heavy atom. The summed E-state index contributed by atoms with van der Waals surface area (Å²) in [5.74, 6) is -0.512. The van der Waals surface area contributed by atoms with Crippen molar-refractivity contribution in [2.75, 3.05) is 6.54 Å². The van der Waals surface area contributed by atoms with Gasteiger partial charge in [0.2, 0.25) is 0 Å². The molecule has 1 aliphatic heterocycles. The lowest BCUT2D eigenvalue weighted by atomic mass is 10.1. The summed E-state index contributed by atoms with van der Waals surface area (Å²) in [4.78, 5) is 25.1. The number of hydrogen-bond acceptors (Lipinski definition) is 3. The normalized spacial score (nSPS) is 12.7. The van der Waals surface area contributed by atoms with Crippen LogP contribution in [0.2, 0.25) is 0 Å². The summed E-state index contributed by atoms with van der Waals surface area (Å²) in [6.45, 7) is 0.304. The minimum absolute atomic E-state index is 0.256. The van der Waals surface area contributed by atoms with Crippen LogP contribution in [0, 0.1) is 11.3 Å². The number of carbonyl (C=O) groups excluding carboxylic acids is 2. The molecule has 1 aromatic carbocycles. The van der Waals surface area contributed by atoms with E-state index in [9.17, 15) is 9.59 Å². The maximum Gasteiger partial charge on any atom is 0.261 e. The Labute approximate surface area is 104 Å². The molecule has 88 valence electrons. The number of nitriles is 1. The highest BCUT2D eigenvalue weighted by Crippen LogP contribution is 2.22. The summed E-state index contributed by atoms with van der Waals surface area (Å²) in [7, 11) is 0. The van der Waals surface area contributed by atoms with Crippen LogP contribution in [-0.4, -0.2) is 23.3 Å². The van der Waals surface area contributed by atoms with E-state index in [-0.39, 0.29) is 11.8 Å². The first kappa shape index (κ1) is 11.8. The van der Waals surface area contributed by atoms with Crippen molar-refractivity contribution in [3.63, 3.8) is 0 Å². The van der Waals surface area contributed by atoms with Gasteiger partial charge in [0.15, 0.2) is 0 Å². The van der Waals surface area contributed by atoms with Crippen LogP contribution in [0.4, 0.5) is 0 Å². The van der Waals surface area contributed by atoms with E-state index in [4.69, 9.17) is 5.26 Å². The van der Waals surface area contributed by atoms with Gasteiger partial charge >= 0.3 is 0 Å². The third-order valence-corrected chi connectivity index (χ3v) is 2.64. The second kappa shape index (κ2) is 5.13. The lowest BCUT2D eigenvalue weighted by molar-refractivity contribution is 0.0657. The topological polar surface area (TPSA) is 61.2 Å². The van der Waals surface area contributed by atoms with E-state index in [1.807, 2.05) is 6.07 Å². The molecule has 1 heterocycles. The first-order valence-corrected chi connectivity index (χ1v) is 5.50. The summed E-state index contributed by atoms with van der Waals surface area (Å²) in [6.07, 6.45) is 3.35. The van der Waals surface area contributed by atoms with Gasteiger partial charge in [0.25, 0.3) is 11.8 Å². The summed E-state index contributed by atoms with van der Waals surface area (Å²) in [5.41, 5.74) is 3.56. The molecule has 0 fully saturated rings. The monoisotopic (exact) mass is 238 g/mol. The minimum atomic E-state index is -0.256. The quantitative estimate of drug-likeness (QED) is 0.459. The van der Waals surface area contributed by atoms with Gasteiger partial charge in [-0.2, -0.15) is 5.26 Å². The molecule has 0 atom stereocenters. The molecule has 0 aliphatic carbocycles. The van der Waals surface area contributed by atoms with Gasteiger partial charge < -0.3 is 0 Å². The predicted octanol–water partition coefficient (Wildman–Crippen LogP) is 1.91. The van der Waals surface area contributed by atoms with Crippen LogP contribution in [0.15, 0.2) is 42.1 Å². The highest BCUT2D eigenvalue weighted by molar-refractivity contribution is 6.21. The van der Waals surface area contributed by atoms with E-state index < -0.39 is 0 Å². The first-order chi connectivity index (χ1) is 8.75. The SMILES string of the molecule is N#CC=C=CCCN1C(=O)c2ccccc2C1=O. The third-order valence-electron chi connectivity index (χ3n) is 2.64. The van der Waals surface area contributed by atoms with Crippen LogP contribution in [0.3, 0.4) is 0 Å². The van der Waals surface area contributed by atoms with Crippen molar-refractivity contribution in [3.8, 4) is 6.07 Å². The van der Waals surface area contributed by atoms with Crippen molar-refractivity contribution in [2.45, 2.75) is 6.42 Å². The van der Waals surface area contributed by atoms with E-state index in [1.165, 1.54) is 11.0 Å². The number of carbonyl (C=O) groups is 2. The van der Waals surface area contributed by atoms with Crippen LogP contribution < -0.4 is 0 Å². The van der Waals surface area contributed by atoms with Crippen molar-refractivity contribution in [2.24, 2.45) is 0 Å². The van der Waals surface area contributed by atoms with Crippen LogP contribution in [0.1, 0.15) is 27.1 Å². The second-order valence-electron chi connectivity index (χ2n) is 3.74. The van der Waals surface area contributed by atoms with Crippen LogP contribution in [0.5, 0.6) is 0 Å². The molecule has 0 aromatic heterocycles. The van der Waals surface area contributed by atoms with Gasteiger partial charge in [-0.05, 0) is 24.6 Å². The lowest BCUT2D eigenvalue weighted by Gasteiger charge is -2.11. The Balaban J connectivity index is 2.10. The molecule has 0 saturated heterocycles. The Morgan fingerprint density at radius 3 is 2.33 bits per heavy atom. The van der Waals surface area contributed by atoms with Crippen molar-refractivity contribution in [3.05, 3.63) is 53.3 Å². The van der Waals surface area contributed by atoms with Crippen molar-refractivity contribution >= 4 is 11.8 Å². The average molecular weight is 238 g/mol. The molecule has 4 nitrogen and oxygen atoms in total. The zero-order chi connectivity index (χ0) is 13.0. The standard InChI is InChI=1S/C14H10N2O2/c15-9-5-1-2-6-10-16-13(17)11-7-3-4-8-12(11)14(16)18/h2-5,7-8H,6,10H2. The zero-order valence-electron chi connectivity index (χ0n) is 9.59. The zero-order valence-corrected chi connectivity index (χ0v) is 9.59. The van der Waals surface area contributed by atoms with Crippen molar-refractivity contribution in [1.29, 1.82) is 5.26 Å². The molecule has 0 spiro atoms. The third kappa shape index (κ3) is 2.08. The number of nitrogens with zero attached hydrogens (tertiary/aromatic N) is 2. The maximum absolute atomic E-state index is 11.9. The number of benzene rings is 1. The number of hydrogen-bond donors (Lipinski definition) is 0. The molecule has 2 rings (SSSR count). The Bertz CT molecular complexity index is 569. The van der Waals surface area contributed by atoms with Crippen LogP contribution >= 0.6 is 0 Å². The highest BCUT2D eigenvalue weighted by Gasteiger charge is 2.34. The molecule has 1 aliphatic rings. The fourth-order valence-electron chi connectivity index (χ4n) is 1.82. The van der Waals surface area contributed by atoms with Crippen molar-refractivity contribution in [1.82, 2.24) is 4.90 Å². The van der Waals surface area contributed by atoms with Gasteiger partial charge in [-0.1, -0.05) is 12.1 Å². The molecule has 0 bridgehead atoms. The van der Waals surface area contributed by atoms with Gasteiger partial charge in [-0.3, -0.25) is 14.5 Å². The molecule has 18 heavy (non-hydrogen) atoms. The summed E-state index contributed by atoms with van der Waals surface area (Å²) in [5, 5.41) is 8.27. The molecule has 2 amide bonds. The molecular weight excluding hydrogens is 228 g/mol. The minimum Gasteiger partial charge on any atom is -0.274 e. The molecule has 0 N–H and O–H groups in total. The number of rotatable bonds is 3. The molecule has 0 unspecified atom stereocenters. The Kier molecular flexibility index (Phi) is 3.38. The predicted molar refractivity (Wildman–Crippen MR) is 64.7 cm³/mol. The van der Waals surface area contributed by atoms with E-state index in [0.717, 1.165) is 0 Å². The number of imide groups is 1. The van der Waals surface area contributed by atoms with Gasteiger partial charge in [0.05, 0.1) is 23.3 Å². The van der Waals surface area contributed by atoms with E-state index in [1.54, 1.807) is 30.3 Å². The molecule has 1 aromatic rings. The molecule has 4 heteroatoms. The van der Waals surface area contributed by atoms with Gasteiger partial charge in [-0.15, -0.1) is 5.73 Å². The molecule has 0 saturated carbocycles. The Hall–Kier alpha value is -2.63. The van der Waals surface area contributed by atoms with E-state index in [0.29, 0.717) is 24.1 Å². The maximum atomic E-state index is 11.9. The van der Waals surface area contributed by atoms with Crippen LogP contribution in [-0.2, 0) is 0 Å². The number of fused-ring (bicyclic) bond motifs is 1. The van der Waals surface area contributed by atoms with E-state index in [2.05, 4.69) is 5.73 Å². The van der Waals surface area contributed by atoms with Gasteiger partial charge in [-0.25, -0.2) is 0 Å². The lowest BCUT2D eigenvalue weighted by Crippen LogP contribution is -2.30. The first-order valence-electron chi connectivity index (χ1n) is 5.50. The Morgan fingerprint density at radius 1 is 1.17 bits per heavy atom. The largest absolute Gasteiger partial charge is 0.274 e. The highest BCUT2D eigenvalue weighted by atomic mass is 16.2. The smallest absolute Gasteiger partial charge is 0.261 e. The summed E-state index contributed by atoms with van der Waals surface area (Å²) >= 11 is 0. The van der Waals surface area contributed by atoms with Gasteiger partial charge in [0, 0.05) is 6.54 Å². The summed E-state index contributed by atoms with van der Waals surface area (Å²) < 4.78 is 0. The summed E-state index contributed by atoms with van der Waals surface area (Å²) in [6, 6.07) is 8.60.